The molecule has 0 bridgehead atoms. The minimum Gasteiger partial charge on any atom is -0.316 e. The van der Waals surface area contributed by atoms with Gasteiger partial charge in [0, 0.05) is 4.88 Å². The molecule has 0 spiro atoms. The molecule has 0 amide bonds. The fourth-order valence-electron chi connectivity index (χ4n) is 3.53. The van der Waals surface area contributed by atoms with Crippen LogP contribution in [0.3, 0.4) is 0 Å². The summed E-state index contributed by atoms with van der Waals surface area (Å²) in [5.74, 6) is 0.767. The Morgan fingerprint density at radius 1 is 1.25 bits per heavy atom. The highest BCUT2D eigenvalue weighted by atomic mass is 32.1. The molecule has 0 aliphatic heterocycles. The minimum absolute atomic E-state index is 0.639. The smallest absolute Gasteiger partial charge is 0.00746 e. The van der Waals surface area contributed by atoms with E-state index in [2.05, 4.69) is 37.5 Å². The Bertz CT molecular complexity index is 388. The van der Waals surface area contributed by atoms with Gasteiger partial charge in [0.1, 0.15) is 0 Å². The molecule has 0 radical (unpaired) electrons. The maximum Gasteiger partial charge on any atom is 0.00746 e. The van der Waals surface area contributed by atoms with Gasteiger partial charge in [-0.15, -0.1) is 11.3 Å². The molecule has 0 unspecified atom stereocenters. The Morgan fingerprint density at radius 3 is 2.60 bits per heavy atom. The van der Waals surface area contributed by atoms with E-state index in [0.29, 0.717) is 5.41 Å². The van der Waals surface area contributed by atoms with Gasteiger partial charge >= 0.3 is 0 Å². The molecule has 1 aliphatic carbocycles. The second-order valence-corrected chi connectivity index (χ2v) is 8.08. The monoisotopic (exact) mass is 293 g/mol. The number of hydrogen-bond acceptors (Lipinski definition) is 2. The lowest BCUT2D eigenvalue weighted by molar-refractivity contribution is 0.244. The Morgan fingerprint density at radius 2 is 2.00 bits per heavy atom. The molecule has 1 heterocycles. The highest BCUT2D eigenvalue weighted by Crippen LogP contribution is 2.45. The molecule has 1 aliphatic rings. The van der Waals surface area contributed by atoms with Gasteiger partial charge in [-0.1, -0.05) is 26.7 Å². The molecule has 1 nitrogen and oxygen atoms in total. The van der Waals surface area contributed by atoms with Crippen molar-refractivity contribution in [3.8, 4) is 0 Å². The number of nitrogens with one attached hydrogen (secondary N) is 1. The van der Waals surface area contributed by atoms with Gasteiger partial charge in [0.15, 0.2) is 0 Å². The first-order valence-corrected chi connectivity index (χ1v) is 9.23. The quantitative estimate of drug-likeness (QED) is 0.651. The summed E-state index contributed by atoms with van der Waals surface area (Å²) in [6.07, 6.45) is 9.90. The van der Waals surface area contributed by atoms with Crippen molar-refractivity contribution in [2.75, 3.05) is 13.1 Å². The molecule has 114 valence electrons. The van der Waals surface area contributed by atoms with Gasteiger partial charge in [-0.25, -0.2) is 0 Å². The first-order valence-electron chi connectivity index (χ1n) is 8.35. The second-order valence-electron chi connectivity index (χ2n) is 7.08. The predicted molar refractivity (Wildman–Crippen MR) is 90.6 cm³/mol. The summed E-state index contributed by atoms with van der Waals surface area (Å²) in [7, 11) is 0. The van der Waals surface area contributed by atoms with E-state index in [-0.39, 0.29) is 0 Å². The van der Waals surface area contributed by atoms with Crippen LogP contribution in [0.1, 0.15) is 62.8 Å². The zero-order valence-corrected chi connectivity index (χ0v) is 14.3. The fraction of sp³-hybridized carbons (Fsp3) is 0.778. The fourth-order valence-corrected chi connectivity index (χ4v) is 4.44. The van der Waals surface area contributed by atoms with E-state index in [1.807, 2.05) is 11.3 Å². The first kappa shape index (κ1) is 16.0. The molecule has 1 saturated carbocycles. The van der Waals surface area contributed by atoms with Crippen LogP contribution in [0, 0.1) is 18.3 Å². The lowest BCUT2D eigenvalue weighted by Crippen LogP contribution is -2.27. The third-order valence-corrected chi connectivity index (χ3v) is 5.98. The van der Waals surface area contributed by atoms with Gasteiger partial charge in [0.2, 0.25) is 0 Å². The Kier molecular flexibility index (Phi) is 6.10. The average molecular weight is 294 g/mol. The molecule has 2 rings (SSSR count). The largest absolute Gasteiger partial charge is 0.316 e. The molecule has 1 aromatic heterocycles. The first-order chi connectivity index (χ1) is 9.61. The van der Waals surface area contributed by atoms with Gasteiger partial charge in [-0.3, -0.25) is 0 Å². The zero-order chi connectivity index (χ0) is 14.4. The molecular formula is C18H31NS. The molecule has 0 aromatic carbocycles. The van der Waals surface area contributed by atoms with E-state index in [1.165, 1.54) is 63.6 Å². The summed E-state index contributed by atoms with van der Waals surface area (Å²) < 4.78 is 0. The molecule has 2 heteroatoms. The normalized spacial score (nSPS) is 18.0. The summed E-state index contributed by atoms with van der Waals surface area (Å²) >= 11 is 1.95. The summed E-state index contributed by atoms with van der Waals surface area (Å²) in [4.78, 5) is 1.62. The van der Waals surface area contributed by atoms with E-state index in [0.717, 1.165) is 5.92 Å². The van der Waals surface area contributed by atoms with Crippen LogP contribution in [0.15, 0.2) is 11.4 Å². The summed E-state index contributed by atoms with van der Waals surface area (Å²) in [5.41, 5.74) is 2.14. The van der Waals surface area contributed by atoms with Crippen LogP contribution in [0.4, 0.5) is 0 Å². The van der Waals surface area contributed by atoms with Gasteiger partial charge in [0.25, 0.3) is 0 Å². The van der Waals surface area contributed by atoms with Gasteiger partial charge in [-0.05, 0) is 80.5 Å². The van der Waals surface area contributed by atoms with E-state index in [9.17, 15) is 0 Å². The Balaban J connectivity index is 1.81. The standard InChI is InChI=1S/C18H31NS/c1-15(2)14-19-12-11-18(8-4-5-9-18)10-6-17-16(3)7-13-20-17/h7,13,15,19H,4-6,8-12,14H2,1-3H3. The van der Waals surface area contributed by atoms with Crippen LogP contribution in [0.25, 0.3) is 0 Å². The van der Waals surface area contributed by atoms with Crippen molar-refractivity contribution < 1.29 is 0 Å². The van der Waals surface area contributed by atoms with Crippen molar-refractivity contribution in [2.45, 2.75) is 65.7 Å². The average Bonchev–Trinajstić information content (AvgIpc) is 3.02. The maximum absolute atomic E-state index is 3.64. The van der Waals surface area contributed by atoms with Crippen LogP contribution in [0.2, 0.25) is 0 Å². The third kappa shape index (κ3) is 4.60. The van der Waals surface area contributed by atoms with E-state index >= 15 is 0 Å². The molecule has 1 aromatic rings. The zero-order valence-electron chi connectivity index (χ0n) is 13.5. The molecule has 0 saturated heterocycles. The lowest BCUT2D eigenvalue weighted by Gasteiger charge is -2.29. The van der Waals surface area contributed by atoms with Crippen LogP contribution >= 0.6 is 11.3 Å². The summed E-state index contributed by atoms with van der Waals surface area (Å²) in [6, 6.07) is 2.27. The summed E-state index contributed by atoms with van der Waals surface area (Å²) in [5, 5.41) is 5.89. The van der Waals surface area contributed by atoms with Crippen molar-refractivity contribution in [1.82, 2.24) is 5.32 Å². The Labute approximate surface area is 129 Å². The van der Waals surface area contributed by atoms with Crippen molar-refractivity contribution in [1.29, 1.82) is 0 Å². The van der Waals surface area contributed by atoms with Crippen LogP contribution < -0.4 is 5.32 Å². The highest BCUT2D eigenvalue weighted by molar-refractivity contribution is 7.10. The van der Waals surface area contributed by atoms with E-state index < -0.39 is 0 Å². The minimum atomic E-state index is 0.639. The van der Waals surface area contributed by atoms with Crippen molar-refractivity contribution >= 4 is 11.3 Å². The third-order valence-electron chi connectivity index (χ3n) is 4.90. The summed E-state index contributed by atoms with van der Waals surface area (Å²) in [6.45, 7) is 9.22. The number of thiophene rings is 1. The number of rotatable bonds is 8. The van der Waals surface area contributed by atoms with Gasteiger partial charge in [-0.2, -0.15) is 0 Å². The van der Waals surface area contributed by atoms with Gasteiger partial charge < -0.3 is 5.32 Å². The van der Waals surface area contributed by atoms with Crippen LogP contribution in [-0.4, -0.2) is 13.1 Å². The highest BCUT2D eigenvalue weighted by Gasteiger charge is 2.32. The maximum atomic E-state index is 3.64. The lowest BCUT2D eigenvalue weighted by atomic mass is 9.78. The van der Waals surface area contributed by atoms with E-state index in [4.69, 9.17) is 0 Å². The number of aryl methyl sites for hydroxylation is 2. The molecule has 1 fully saturated rings. The molecule has 0 atom stereocenters. The predicted octanol–water partition coefficient (Wildman–Crippen LogP) is 5.19. The molecule has 1 N–H and O–H groups in total. The Hall–Kier alpha value is -0.340. The number of hydrogen-bond donors (Lipinski definition) is 1. The van der Waals surface area contributed by atoms with Gasteiger partial charge in [0.05, 0.1) is 0 Å². The van der Waals surface area contributed by atoms with Crippen molar-refractivity contribution in [2.24, 2.45) is 11.3 Å². The van der Waals surface area contributed by atoms with Crippen LogP contribution in [0.5, 0.6) is 0 Å². The molecular weight excluding hydrogens is 262 g/mol. The topological polar surface area (TPSA) is 12.0 Å². The van der Waals surface area contributed by atoms with Crippen LogP contribution in [-0.2, 0) is 6.42 Å². The molecule has 20 heavy (non-hydrogen) atoms. The van der Waals surface area contributed by atoms with Crippen molar-refractivity contribution in [3.05, 3.63) is 21.9 Å². The second kappa shape index (κ2) is 7.61. The van der Waals surface area contributed by atoms with E-state index in [1.54, 1.807) is 4.88 Å². The van der Waals surface area contributed by atoms with Crippen molar-refractivity contribution in [3.63, 3.8) is 0 Å². The SMILES string of the molecule is Cc1ccsc1CCC1(CCNCC(C)C)CCCC1.